The third-order valence-electron chi connectivity index (χ3n) is 3.32. The number of hydrogen-bond donors (Lipinski definition) is 1. The molecule has 1 fully saturated rings. The third-order valence-corrected chi connectivity index (χ3v) is 6.97. The largest absolute Gasteiger partial charge is 0.349 e. The third kappa shape index (κ3) is 3.21. The van der Waals surface area contributed by atoms with Crippen LogP contribution in [0.1, 0.15) is 25.3 Å². The number of hydrogen-bond acceptors (Lipinski definition) is 4. The summed E-state index contributed by atoms with van der Waals surface area (Å²) in [5.41, 5.74) is 1.01. The average Bonchev–Trinajstić information content (AvgIpc) is 2.89. The van der Waals surface area contributed by atoms with Crippen LogP contribution in [0, 0.1) is 6.92 Å². The fourth-order valence-corrected chi connectivity index (χ4v) is 5.62. The Balaban J connectivity index is 2.26. The lowest BCUT2D eigenvalue weighted by Gasteiger charge is -2.26. The van der Waals surface area contributed by atoms with Crippen LogP contribution < -0.4 is 0 Å². The molecule has 0 radical (unpaired) electrons. The minimum Gasteiger partial charge on any atom is -0.349 e. The van der Waals surface area contributed by atoms with Gasteiger partial charge in [-0.25, -0.2) is 8.42 Å². The Labute approximate surface area is 121 Å². The number of rotatable bonds is 5. The molecule has 0 spiro atoms. The second-order valence-corrected chi connectivity index (χ2v) is 8.12. The standard InChI is InChI=1S/C13H20NO4PS/c1-3-18-19(15)13-5-4-10-14(13)20(16,17)12-8-6-11(2)7-9-12/h6-9,13,15H,3-5,10H2,1-2H3/t13-,19-/m1/s1. The second-order valence-electron chi connectivity index (χ2n) is 4.77. The molecule has 7 heteroatoms. The van der Waals surface area contributed by atoms with Crippen molar-refractivity contribution in [3.05, 3.63) is 29.8 Å². The van der Waals surface area contributed by atoms with E-state index in [4.69, 9.17) is 4.52 Å². The molecule has 1 aromatic rings. The molecule has 2 atom stereocenters. The van der Waals surface area contributed by atoms with Gasteiger partial charge in [0.1, 0.15) is 0 Å². The van der Waals surface area contributed by atoms with Gasteiger partial charge in [-0.2, -0.15) is 4.31 Å². The van der Waals surface area contributed by atoms with Gasteiger partial charge in [0, 0.05) is 6.54 Å². The smallest absolute Gasteiger partial charge is 0.243 e. The van der Waals surface area contributed by atoms with E-state index in [0.29, 0.717) is 19.6 Å². The van der Waals surface area contributed by atoms with Gasteiger partial charge in [0.2, 0.25) is 10.0 Å². The van der Waals surface area contributed by atoms with Gasteiger partial charge in [-0.05, 0) is 38.8 Å². The summed E-state index contributed by atoms with van der Waals surface area (Å²) >= 11 is 0. The number of nitrogens with zero attached hydrogens (tertiary/aromatic N) is 1. The first-order chi connectivity index (χ1) is 9.46. The maximum atomic E-state index is 12.6. The highest BCUT2D eigenvalue weighted by Crippen LogP contribution is 2.46. The van der Waals surface area contributed by atoms with E-state index in [2.05, 4.69) is 0 Å². The lowest BCUT2D eigenvalue weighted by molar-refractivity contribution is 0.303. The van der Waals surface area contributed by atoms with E-state index in [-0.39, 0.29) is 4.90 Å². The molecule has 1 heterocycles. The van der Waals surface area contributed by atoms with Crippen molar-refractivity contribution < 1.29 is 17.8 Å². The second kappa shape index (κ2) is 6.50. The number of sulfonamides is 1. The summed E-state index contributed by atoms with van der Waals surface area (Å²) in [5, 5.41) is 0. The number of benzene rings is 1. The molecule has 0 amide bonds. The van der Waals surface area contributed by atoms with Gasteiger partial charge >= 0.3 is 0 Å². The molecule has 0 bridgehead atoms. The van der Waals surface area contributed by atoms with Crippen LogP contribution in [0.4, 0.5) is 0 Å². The maximum Gasteiger partial charge on any atom is 0.243 e. The SMILES string of the molecule is CCO[P@@](O)[C@@H]1CCCN1S(=O)(=O)c1ccc(C)cc1. The first-order valence-corrected chi connectivity index (χ1v) is 9.38. The van der Waals surface area contributed by atoms with Crippen molar-refractivity contribution in [1.82, 2.24) is 4.31 Å². The Hall–Kier alpha value is -0.520. The zero-order valence-corrected chi connectivity index (χ0v) is 13.4. The highest BCUT2D eigenvalue weighted by molar-refractivity contribution is 7.89. The molecular weight excluding hydrogens is 297 g/mol. The van der Waals surface area contributed by atoms with Crippen LogP contribution in [0.5, 0.6) is 0 Å². The Kier molecular flexibility index (Phi) is 5.15. The molecule has 1 aliphatic rings. The molecule has 2 rings (SSSR count). The lowest BCUT2D eigenvalue weighted by Crippen LogP contribution is -2.34. The lowest BCUT2D eigenvalue weighted by atomic mass is 10.2. The zero-order valence-electron chi connectivity index (χ0n) is 11.7. The summed E-state index contributed by atoms with van der Waals surface area (Å²) in [4.78, 5) is 10.3. The maximum absolute atomic E-state index is 12.6. The summed E-state index contributed by atoms with van der Waals surface area (Å²) < 4.78 is 31.9. The predicted molar refractivity (Wildman–Crippen MR) is 78.9 cm³/mol. The molecule has 1 N–H and O–H groups in total. The molecular formula is C13H20NO4PS. The highest BCUT2D eigenvalue weighted by Gasteiger charge is 2.40. The van der Waals surface area contributed by atoms with Crippen LogP contribution in [0.15, 0.2) is 29.2 Å². The average molecular weight is 317 g/mol. The fourth-order valence-electron chi connectivity index (χ4n) is 2.29. The van der Waals surface area contributed by atoms with Crippen LogP contribution in [-0.4, -0.2) is 36.6 Å². The van der Waals surface area contributed by atoms with E-state index in [9.17, 15) is 13.3 Å². The molecule has 20 heavy (non-hydrogen) atoms. The summed E-state index contributed by atoms with van der Waals surface area (Å²) in [5.74, 6) is -0.434. The summed E-state index contributed by atoms with van der Waals surface area (Å²) in [6.45, 7) is 4.53. The quantitative estimate of drug-likeness (QED) is 0.847. The van der Waals surface area contributed by atoms with Crippen molar-refractivity contribution in [3.63, 3.8) is 0 Å². The van der Waals surface area contributed by atoms with Crippen LogP contribution in [-0.2, 0) is 14.5 Å². The van der Waals surface area contributed by atoms with Crippen molar-refractivity contribution in [2.75, 3.05) is 13.2 Å². The number of aryl methyl sites for hydroxylation is 1. The van der Waals surface area contributed by atoms with Crippen molar-refractivity contribution in [3.8, 4) is 0 Å². The van der Waals surface area contributed by atoms with Gasteiger partial charge < -0.3 is 9.42 Å². The molecule has 0 unspecified atom stereocenters. The van der Waals surface area contributed by atoms with Gasteiger partial charge in [0.15, 0.2) is 8.38 Å². The van der Waals surface area contributed by atoms with E-state index < -0.39 is 24.2 Å². The monoisotopic (exact) mass is 317 g/mol. The first kappa shape index (κ1) is 15.9. The normalized spacial score (nSPS) is 22.1. The van der Waals surface area contributed by atoms with Crippen molar-refractivity contribution in [2.24, 2.45) is 0 Å². The summed E-state index contributed by atoms with van der Waals surface area (Å²) in [7, 11) is -5.29. The van der Waals surface area contributed by atoms with Crippen LogP contribution in [0.25, 0.3) is 0 Å². The van der Waals surface area contributed by atoms with Gasteiger partial charge in [-0.15, -0.1) is 0 Å². The summed E-state index contributed by atoms with van der Waals surface area (Å²) in [6.07, 6.45) is 1.40. The van der Waals surface area contributed by atoms with E-state index >= 15 is 0 Å². The first-order valence-electron chi connectivity index (χ1n) is 6.66. The van der Waals surface area contributed by atoms with E-state index in [1.165, 1.54) is 4.31 Å². The van der Waals surface area contributed by atoms with E-state index in [1.54, 1.807) is 31.2 Å². The zero-order chi connectivity index (χ0) is 14.8. The Morgan fingerprint density at radius 3 is 2.65 bits per heavy atom. The minimum absolute atomic E-state index is 0.273. The van der Waals surface area contributed by atoms with Gasteiger partial charge in [-0.1, -0.05) is 17.7 Å². The van der Waals surface area contributed by atoms with Crippen molar-refractivity contribution in [2.45, 2.75) is 37.4 Å². The van der Waals surface area contributed by atoms with Crippen LogP contribution in [0.3, 0.4) is 0 Å². The van der Waals surface area contributed by atoms with Gasteiger partial charge in [0.05, 0.1) is 17.3 Å². The van der Waals surface area contributed by atoms with Gasteiger partial charge in [0.25, 0.3) is 0 Å². The topological polar surface area (TPSA) is 66.8 Å². The molecule has 0 aliphatic carbocycles. The molecule has 5 nitrogen and oxygen atoms in total. The molecule has 1 aromatic carbocycles. The highest BCUT2D eigenvalue weighted by atomic mass is 32.2. The summed E-state index contributed by atoms with van der Waals surface area (Å²) in [6, 6.07) is 6.78. The molecule has 0 saturated carbocycles. The Morgan fingerprint density at radius 2 is 2.05 bits per heavy atom. The van der Waals surface area contributed by atoms with Crippen molar-refractivity contribution >= 4 is 18.4 Å². The molecule has 1 aliphatic heterocycles. The van der Waals surface area contributed by atoms with Crippen LogP contribution >= 0.6 is 8.38 Å². The molecule has 112 valence electrons. The van der Waals surface area contributed by atoms with Crippen molar-refractivity contribution in [1.29, 1.82) is 0 Å². The Bertz CT molecular complexity index is 546. The van der Waals surface area contributed by atoms with E-state index in [1.807, 2.05) is 6.92 Å². The van der Waals surface area contributed by atoms with E-state index in [0.717, 1.165) is 12.0 Å². The molecule has 1 saturated heterocycles. The predicted octanol–water partition coefficient (Wildman–Crippen LogP) is 2.45. The Morgan fingerprint density at radius 1 is 1.40 bits per heavy atom. The fraction of sp³-hybridized carbons (Fsp3) is 0.538. The van der Waals surface area contributed by atoms with Gasteiger partial charge in [-0.3, -0.25) is 0 Å². The minimum atomic E-state index is -3.56. The van der Waals surface area contributed by atoms with Crippen LogP contribution in [0.2, 0.25) is 0 Å². The molecule has 0 aromatic heterocycles.